The van der Waals surface area contributed by atoms with E-state index >= 15 is 0 Å². The molecule has 3 aliphatic rings. The minimum absolute atomic E-state index is 0.0415. The molecule has 0 saturated carbocycles. The molecule has 2 aromatic rings. The number of benzene rings is 2. The van der Waals surface area contributed by atoms with Crippen LogP contribution in [0.3, 0.4) is 0 Å². The van der Waals surface area contributed by atoms with Crippen LogP contribution in [0, 0.1) is 38.5 Å². The predicted octanol–water partition coefficient (Wildman–Crippen LogP) is 8.95. The molecule has 0 fully saturated rings. The number of rotatable bonds is 4. The van der Waals surface area contributed by atoms with Crippen LogP contribution in [0.4, 0.5) is 0 Å². The first-order chi connectivity index (χ1) is 20.5. The molecule has 0 atom stereocenters. The second-order valence-electron chi connectivity index (χ2n) is 14.1. The van der Waals surface area contributed by atoms with E-state index < -0.39 is 41.4 Å². The van der Waals surface area contributed by atoms with Gasteiger partial charge in [0.15, 0.2) is 0 Å². The number of aliphatic hydroxyl groups excluding tert-OH is 1. The van der Waals surface area contributed by atoms with Gasteiger partial charge in [-0.1, -0.05) is 0 Å². The van der Waals surface area contributed by atoms with E-state index in [1.807, 2.05) is 12.2 Å². The topological polar surface area (TPSA) is 37.3 Å². The number of carbonyl (C=O) groups is 1. The van der Waals surface area contributed by atoms with Crippen molar-refractivity contribution in [1.29, 1.82) is 0 Å². The summed E-state index contributed by atoms with van der Waals surface area (Å²) in [7, 11) is 0. The van der Waals surface area contributed by atoms with E-state index in [4.69, 9.17) is 0 Å². The second kappa shape index (κ2) is 12.4. The summed E-state index contributed by atoms with van der Waals surface area (Å²) >= 11 is -1.15. The first-order valence-corrected chi connectivity index (χ1v) is 19.9. The zero-order chi connectivity index (χ0) is 32.1. The Hall–Kier alpha value is -2.46. The SMILES string of the molecule is Cc1cccc(C)c1C1=CC(=CC2=C(O)C(=CC3=CC(c4c(C)cccc4C)=[Te]C(C(C)(C)C)=C3)C2=O)C=C(C(C)(C)C)[Te]1. The van der Waals surface area contributed by atoms with Crippen LogP contribution in [0.5, 0.6) is 0 Å². The number of hydrogen-bond acceptors (Lipinski definition) is 2. The number of aryl methyl sites for hydroxylation is 4. The zero-order valence-electron chi connectivity index (χ0n) is 27.6. The number of aliphatic hydroxyl groups is 1. The molecule has 0 saturated heterocycles. The van der Waals surface area contributed by atoms with Crippen molar-refractivity contribution in [2.45, 2.75) is 69.2 Å². The van der Waals surface area contributed by atoms with Gasteiger partial charge < -0.3 is 0 Å². The summed E-state index contributed by atoms with van der Waals surface area (Å²) in [6, 6.07) is 13.0. The number of Topliss-reactive ketones (excluding diaryl/α,β-unsaturated/α-hetero) is 1. The monoisotopic (exact) mass is 815 g/mol. The molecule has 2 aliphatic heterocycles. The van der Waals surface area contributed by atoms with Gasteiger partial charge in [-0.05, 0) is 0 Å². The van der Waals surface area contributed by atoms with Gasteiger partial charge in [0.25, 0.3) is 0 Å². The number of carbonyl (C=O) groups excluding carboxylic acids is 1. The average molecular weight is 811 g/mol. The quantitative estimate of drug-likeness (QED) is 0.248. The summed E-state index contributed by atoms with van der Waals surface area (Å²) in [5.74, 6) is 0.00608. The van der Waals surface area contributed by atoms with Crippen molar-refractivity contribution in [2.75, 3.05) is 0 Å². The van der Waals surface area contributed by atoms with Crippen LogP contribution in [0.2, 0.25) is 0 Å². The summed E-state index contributed by atoms with van der Waals surface area (Å²) in [6.45, 7) is 22.3. The first kappa shape index (κ1) is 32.9. The van der Waals surface area contributed by atoms with Gasteiger partial charge in [-0.2, -0.15) is 0 Å². The number of ketones is 1. The van der Waals surface area contributed by atoms with Crippen molar-refractivity contribution in [3.8, 4) is 0 Å². The summed E-state index contributed by atoms with van der Waals surface area (Å²) in [5.41, 5.74) is 10.7. The van der Waals surface area contributed by atoms with Gasteiger partial charge in [-0.3, -0.25) is 0 Å². The average Bonchev–Trinajstić information content (AvgIpc) is 2.93. The van der Waals surface area contributed by atoms with Crippen molar-refractivity contribution in [2.24, 2.45) is 10.8 Å². The van der Waals surface area contributed by atoms with Crippen LogP contribution in [0.15, 0.2) is 108 Å². The molecule has 0 unspecified atom stereocenters. The standard InChI is InChI=1S/C40H43O2Te2/c1-23-13-11-14-24(2)35(23)31-19-27(21-33(43-31)39(5,6)7)17-29-37(41)30(38(29)42)18-28-20-32(44-34(22-28)40(8,9)10)36-25(3)15-12-16-26(36)4/h11-22,41H,1-10H3. The van der Waals surface area contributed by atoms with Crippen LogP contribution in [0.25, 0.3) is 3.62 Å². The van der Waals surface area contributed by atoms with Gasteiger partial charge in [0.1, 0.15) is 0 Å². The van der Waals surface area contributed by atoms with Crippen molar-refractivity contribution in [3.05, 3.63) is 142 Å². The molecule has 1 N–H and O–H groups in total. The van der Waals surface area contributed by atoms with Gasteiger partial charge >= 0.3 is 286 Å². The van der Waals surface area contributed by atoms with E-state index in [9.17, 15) is 9.90 Å². The third kappa shape index (κ3) is 6.71. The summed E-state index contributed by atoms with van der Waals surface area (Å²) in [5, 5.41) is 11.3. The Morgan fingerprint density at radius 3 is 1.75 bits per heavy atom. The van der Waals surface area contributed by atoms with Gasteiger partial charge in [0.2, 0.25) is 0 Å². The molecule has 227 valence electrons. The molecule has 0 aromatic heterocycles. The second-order valence-corrected chi connectivity index (χ2v) is 20.3. The molecule has 0 spiro atoms. The van der Waals surface area contributed by atoms with Gasteiger partial charge in [-0.15, -0.1) is 0 Å². The van der Waals surface area contributed by atoms with E-state index in [0.29, 0.717) is 11.1 Å². The maximum absolute atomic E-state index is 13.6. The van der Waals surface area contributed by atoms with Gasteiger partial charge in [-0.25, -0.2) is 0 Å². The Morgan fingerprint density at radius 1 is 0.682 bits per heavy atom. The summed E-state index contributed by atoms with van der Waals surface area (Å²) in [4.78, 5) is 13.6. The molecule has 5 rings (SSSR count). The van der Waals surface area contributed by atoms with Gasteiger partial charge in [0, 0.05) is 0 Å². The normalized spacial score (nSPS) is 19.4. The van der Waals surface area contributed by atoms with E-state index in [2.05, 4.69) is 130 Å². The molecule has 44 heavy (non-hydrogen) atoms. The number of allylic oxidation sites excluding steroid dienone is 12. The molecule has 2 nitrogen and oxygen atoms in total. The van der Waals surface area contributed by atoms with Crippen LogP contribution in [-0.4, -0.2) is 55.8 Å². The fraction of sp³-hybridized carbons (Fsp3) is 0.300. The molecule has 0 amide bonds. The van der Waals surface area contributed by atoms with E-state index in [1.165, 1.54) is 47.8 Å². The Labute approximate surface area is 283 Å². The Morgan fingerprint density at radius 2 is 1.23 bits per heavy atom. The van der Waals surface area contributed by atoms with Crippen LogP contribution >= 0.6 is 0 Å². The van der Waals surface area contributed by atoms with E-state index in [0.717, 1.165) is 11.1 Å². The third-order valence-corrected chi connectivity index (χ3v) is 16.7. The van der Waals surface area contributed by atoms with Crippen molar-refractivity contribution in [3.63, 3.8) is 0 Å². The Kier molecular flexibility index (Phi) is 9.26. The molecule has 2 heterocycles. The van der Waals surface area contributed by atoms with Crippen LogP contribution in [0.1, 0.15) is 74.9 Å². The summed E-state index contributed by atoms with van der Waals surface area (Å²) in [6.07, 6.45) is 12.8. The van der Waals surface area contributed by atoms with Crippen molar-refractivity contribution >= 4 is 54.3 Å². The van der Waals surface area contributed by atoms with Crippen LogP contribution in [-0.2, 0) is 4.79 Å². The number of hydrogen-bond donors (Lipinski definition) is 1. The van der Waals surface area contributed by atoms with Crippen molar-refractivity contribution < 1.29 is 9.90 Å². The van der Waals surface area contributed by atoms with E-state index in [1.54, 1.807) is 0 Å². The molecule has 2 aromatic carbocycles. The van der Waals surface area contributed by atoms with Crippen LogP contribution < -0.4 is 0 Å². The summed E-state index contributed by atoms with van der Waals surface area (Å²) < 4.78 is 5.67. The fourth-order valence-electron chi connectivity index (χ4n) is 5.65. The maximum atomic E-state index is 13.6. The zero-order valence-corrected chi connectivity index (χ0v) is 32.3. The Bertz CT molecular complexity index is 1790. The predicted molar refractivity (Wildman–Crippen MR) is 189 cm³/mol. The van der Waals surface area contributed by atoms with Gasteiger partial charge in [0.05, 0.1) is 0 Å². The molecule has 0 bridgehead atoms. The molecular weight excluding hydrogens is 768 g/mol. The molecule has 1 radical (unpaired) electrons. The Balaban J connectivity index is 1.57. The molecule has 1 aliphatic carbocycles. The minimum atomic E-state index is -0.575. The molecular formula is C40H43O2Te2. The molecule has 4 heteroatoms. The van der Waals surface area contributed by atoms with E-state index in [-0.39, 0.29) is 22.4 Å². The first-order valence-electron chi connectivity index (χ1n) is 15.2. The van der Waals surface area contributed by atoms with Crippen molar-refractivity contribution in [1.82, 2.24) is 0 Å². The third-order valence-electron chi connectivity index (χ3n) is 8.19. The fourth-order valence-corrected chi connectivity index (χ4v) is 13.4.